The molecule has 5 nitrogen and oxygen atoms in total. The van der Waals surface area contributed by atoms with Gasteiger partial charge in [-0.1, -0.05) is 13.3 Å². The molecule has 1 saturated heterocycles. The average Bonchev–Trinajstić information content (AvgIpc) is 2.42. The fourth-order valence-electron chi connectivity index (χ4n) is 2.61. The smallest absolute Gasteiger partial charge is 0.149 e. The van der Waals surface area contributed by atoms with Gasteiger partial charge in [0.05, 0.1) is 6.04 Å². The molecule has 1 N–H and O–H groups in total. The Hall–Kier alpha value is -1.20. The molecule has 5 heteroatoms. The highest BCUT2D eigenvalue weighted by Crippen LogP contribution is 2.22. The van der Waals surface area contributed by atoms with E-state index in [4.69, 9.17) is 9.97 Å². The summed E-state index contributed by atoms with van der Waals surface area (Å²) in [6.07, 6.45) is 2.13. The van der Waals surface area contributed by atoms with Gasteiger partial charge in [0.25, 0.3) is 0 Å². The van der Waals surface area contributed by atoms with Gasteiger partial charge in [0.1, 0.15) is 11.6 Å². The second-order valence-corrected chi connectivity index (χ2v) is 5.64. The number of aromatic nitrogens is 2. The van der Waals surface area contributed by atoms with Crippen LogP contribution in [0.5, 0.6) is 0 Å². The predicted octanol–water partition coefficient (Wildman–Crippen LogP) is 1.78. The van der Waals surface area contributed by atoms with Gasteiger partial charge in [0, 0.05) is 37.9 Å². The van der Waals surface area contributed by atoms with Crippen LogP contribution in [-0.2, 0) is 6.42 Å². The molecule has 112 valence electrons. The summed E-state index contributed by atoms with van der Waals surface area (Å²) in [5.41, 5.74) is 1.15. The molecule has 20 heavy (non-hydrogen) atoms. The normalized spacial score (nSPS) is 21.1. The van der Waals surface area contributed by atoms with E-state index >= 15 is 0 Å². The van der Waals surface area contributed by atoms with Gasteiger partial charge in [-0.25, -0.2) is 9.97 Å². The van der Waals surface area contributed by atoms with Crippen molar-refractivity contribution in [1.29, 1.82) is 0 Å². The van der Waals surface area contributed by atoms with E-state index in [0.717, 1.165) is 56.4 Å². The molecule has 0 bridgehead atoms. The van der Waals surface area contributed by atoms with Crippen LogP contribution in [0.2, 0.25) is 0 Å². The summed E-state index contributed by atoms with van der Waals surface area (Å²) in [4.78, 5) is 14.2. The van der Waals surface area contributed by atoms with Crippen molar-refractivity contribution in [2.75, 3.05) is 45.6 Å². The Morgan fingerprint density at radius 3 is 2.75 bits per heavy atom. The first-order chi connectivity index (χ1) is 9.63. The first-order valence-electron chi connectivity index (χ1n) is 7.64. The topological polar surface area (TPSA) is 44.3 Å². The number of nitrogens with zero attached hydrogens (tertiary/aromatic N) is 4. The minimum absolute atomic E-state index is 0.294. The quantitative estimate of drug-likeness (QED) is 0.889. The van der Waals surface area contributed by atoms with E-state index in [1.165, 1.54) is 0 Å². The molecule has 0 saturated carbocycles. The van der Waals surface area contributed by atoms with Crippen LogP contribution in [0.1, 0.15) is 37.8 Å². The van der Waals surface area contributed by atoms with E-state index in [9.17, 15) is 0 Å². The maximum Gasteiger partial charge on any atom is 0.149 e. The number of nitrogens with one attached hydrogen (secondary N) is 1. The van der Waals surface area contributed by atoms with Crippen molar-refractivity contribution in [1.82, 2.24) is 19.8 Å². The molecular formula is C15H27N5. The lowest BCUT2D eigenvalue weighted by molar-refractivity contribution is 0.109. The Morgan fingerprint density at radius 1 is 1.25 bits per heavy atom. The Morgan fingerprint density at radius 2 is 2.05 bits per heavy atom. The van der Waals surface area contributed by atoms with Gasteiger partial charge in [-0.3, -0.25) is 4.90 Å². The number of anilines is 1. The highest BCUT2D eigenvalue weighted by Gasteiger charge is 2.26. The summed E-state index contributed by atoms with van der Waals surface area (Å²) in [5, 5.41) is 3.33. The summed E-state index contributed by atoms with van der Waals surface area (Å²) < 4.78 is 0. The number of hydrogen-bond acceptors (Lipinski definition) is 5. The lowest BCUT2D eigenvalue weighted by Crippen LogP contribution is -2.45. The SMILES string of the molecule is CCCc1cc(NCC)nc(C2CN(C)CCN2C)n1. The molecule has 1 aliphatic heterocycles. The summed E-state index contributed by atoms with van der Waals surface area (Å²) in [6.45, 7) is 8.36. The number of piperazine rings is 1. The Labute approximate surface area is 122 Å². The van der Waals surface area contributed by atoms with Gasteiger partial charge in [-0.15, -0.1) is 0 Å². The third-order valence-electron chi connectivity index (χ3n) is 3.81. The van der Waals surface area contributed by atoms with Crippen LogP contribution >= 0.6 is 0 Å². The zero-order chi connectivity index (χ0) is 14.5. The summed E-state index contributed by atoms with van der Waals surface area (Å²) in [6, 6.07) is 2.38. The van der Waals surface area contributed by atoms with Crippen LogP contribution in [0, 0.1) is 0 Å². The van der Waals surface area contributed by atoms with Gasteiger partial charge >= 0.3 is 0 Å². The first-order valence-corrected chi connectivity index (χ1v) is 7.64. The molecule has 0 amide bonds. The standard InChI is InChI=1S/C15H27N5/c1-5-7-12-10-14(16-6-2)18-15(17-12)13-11-19(3)8-9-20(13)4/h10,13H,5-9,11H2,1-4H3,(H,16,17,18). The second-order valence-electron chi connectivity index (χ2n) is 5.64. The highest BCUT2D eigenvalue weighted by molar-refractivity contribution is 5.36. The van der Waals surface area contributed by atoms with Gasteiger partial charge in [0.15, 0.2) is 0 Å². The molecule has 0 aliphatic carbocycles. The maximum atomic E-state index is 4.79. The monoisotopic (exact) mass is 277 g/mol. The predicted molar refractivity (Wildman–Crippen MR) is 83.1 cm³/mol. The summed E-state index contributed by atoms with van der Waals surface area (Å²) in [5.74, 6) is 1.92. The van der Waals surface area contributed by atoms with Crippen LogP contribution < -0.4 is 5.32 Å². The summed E-state index contributed by atoms with van der Waals surface area (Å²) in [7, 11) is 4.33. The number of hydrogen-bond donors (Lipinski definition) is 1. The van der Waals surface area contributed by atoms with Crippen molar-refractivity contribution in [2.45, 2.75) is 32.7 Å². The van der Waals surface area contributed by atoms with Crippen LogP contribution in [0.25, 0.3) is 0 Å². The first kappa shape index (κ1) is 15.2. The second kappa shape index (κ2) is 6.99. The molecule has 0 spiro atoms. The van der Waals surface area contributed by atoms with Crippen molar-refractivity contribution in [3.05, 3.63) is 17.6 Å². The van der Waals surface area contributed by atoms with Crippen LogP contribution in [0.15, 0.2) is 6.07 Å². The molecule has 1 aliphatic rings. The minimum Gasteiger partial charge on any atom is -0.370 e. The van der Waals surface area contributed by atoms with E-state index in [-0.39, 0.29) is 0 Å². The zero-order valence-corrected chi connectivity index (χ0v) is 13.2. The van der Waals surface area contributed by atoms with Crippen LogP contribution in [0.4, 0.5) is 5.82 Å². The Bertz CT molecular complexity index is 410. The molecular weight excluding hydrogens is 250 g/mol. The minimum atomic E-state index is 0.294. The van der Waals surface area contributed by atoms with Gasteiger partial charge in [-0.2, -0.15) is 0 Å². The maximum absolute atomic E-state index is 4.79. The summed E-state index contributed by atoms with van der Waals surface area (Å²) >= 11 is 0. The van der Waals surface area contributed by atoms with Crippen LogP contribution in [0.3, 0.4) is 0 Å². The fourth-order valence-corrected chi connectivity index (χ4v) is 2.61. The number of rotatable bonds is 5. The largest absolute Gasteiger partial charge is 0.370 e. The number of likely N-dealkylation sites (N-methyl/N-ethyl adjacent to an activating group) is 2. The molecule has 1 atom stereocenters. The Balaban J connectivity index is 2.28. The molecule has 1 unspecified atom stereocenters. The van der Waals surface area contributed by atoms with Crippen molar-refractivity contribution in [3.63, 3.8) is 0 Å². The zero-order valence-electron chi connectivity index (χ0n) is 13.2. The third kappa shape index (κ3) is 3.67. The average molecular weight is 277 g/mol. The molecule has 2 heterocycles. The van der Waals surface area contributed by atoms with E-state index in [1.807, 2.05) is 0 Å². The molecule has 0 radical (unpaired) electrons. The van der Waals surface area contributed by atoms with E-state index in [0.29, 0.717) is 6.04 Å². The van der Waals surface area contributed by atoms with Crippen molar-refractivity contribution in [3.8, 4) is 0 Å². The van der Waals surface area contributed by atoms with Crippen molar-refractivity contribution in [2.24, 2.45) is 0 Å². The van der Waals surface area contributed by atoms with Crippen molar-refractivity contribution < 1.29 is 0 Å². The number of aryl methyl sites for hydroxylation is 1. The lowest BCUT2D eigenvalue weighted by Gasteiger charge is -2.36. The van der Waals surface area contributed by atoms with Gasteiger partial charge < -0.3 is 10.2 Å². The highest BCUT2D eigenvalue weighted by atomic mass is 15.3. The fraction of sp³-hybridized carbons (Fsp3) is 0.733. The third-order valence-corrected chi connectivity index (χ3v) is 3.81. The molecule has 1 aromatic heterocycles. The molecule has 1 fully saturated rings. The molecule has 1 aromatic rings. The van der Waals surface area contributed by atoms with Crippen LogP contribution in [-0.4, -0.2) is 60.0 Å². The van der Waals surface area contributed by atoms with Gasteiger partial charge in [0.2, 0.25) is 0 Å². The van der Waals surface area contributed by atoms with E-state index in [1.54, 1.807) is 0 Å². The van der Waals surface area contributed by atoms with Crippen molar-refractivity contribution >= 4 is 5.82 Å². The van der Waals surface area contributed by atoms with E-state index in [2.05, 4.69) is 49.1 Å². The molecule has 0 aromatic carbocycles. The van der Waals surface area contributed by atoms with Gasteiger partial charge in [-0.05, 0) is 27.4 Å². The molecule has 2 rings (SSSR count). The Kier molecular flexibility index (Phi) is 5.31. The lowest BCUT2D eigenvalue weighted by atomic mass is 10.1. The van der Waals surface area contributed by atoms with E-state index < -0.39 is 0 Å².